The Hall–Kier alpha value is -1.76. The molecule has 4 nitrogen and oxygen atoms in total. The van der Waals surface area contributed by atoms with E-state index in [1.807, 2.05) is 0 Å². The summed E-state index contributed by atoms with van der Waals surface area (Å²) in [5.41, 5.74) is -0.635. The summed E-state index contributed by atoms with van der Waals surface area (Å²) in [7, 11) is 1.44. The Labute approximate surface area is 75.4 Å². The molecule has 0 unspecified atom stereocenters. The molecule has 0 bridgehead atoms. The molecule has 0 saturated heterocycles. The lowest BCUT2D eigenvalue weighted by Gasteiger charge is -2.03. The smallest absolute Gasteiger partial charge is 0.299 e. The lowest BCUT2D eigenvalue weighted by atomic mass is 10.4. The van der Waals surface area contributed by atoms with Crippen LogP contribution in [0.2, 0.25) is 0 Å². The van der Waals surface area contributed by atoms with E-state index in [9.17, 15) is 9.59 Å². The molecule has 0 atom stereocenters. The molecular formula is C9H10N2O2. The Morgan fingerprint density at radius 2 is 2.23 bits per heavy atom. The molecule has 1 aromatic rings. The van der Waals surface area contributed by atoms with Gasteiger partial charge in [-0.05, 0) is 0 Å². The second-order valence-electron chi connectivity index (χ2n) is 2.64. The highest BCUT2D eigenvalue weighted by molar-refractivity contribution is 4.88. The molecule has 0 aromatic carbocycles. The van der Waals surface area contributed by atoms with Crippen molar-refractivity contribution in [1.29, 1.82) is 0 Å². The predicted molar refractivity (Wildman–Crippen MR) is 49.4 cm³/mol. The third-order valence-electron chi connectivity index (χ3n) is 1.76. The summed E-state index contributed by atoms with van der Waals surface area (Å²) in [5.74, 6) is 2.43. The van der Waals surface area contributed by atoms with E-state index >= 15 is 0 Å². The van der Waals surface area contributed by atoms with E-state index in [4.69, 9.17) is 6.42 Å². The van der Waals surface area contributed by atoms with Crippen LogP contribution >= 0.6 is 0 Å². The average molecular weight is 178 g/mol. The predicted octanol–water partition coefficient (Wildman–Crippen LogP) is -0.430. The third kappa shape index (κ3) is 1.88. The van der Waals surface area contributed by atoms with Crippen molar-refractivity contribution in [2.24, 2.45) is 7.05 Å². The highest BCUT2D eigenvalue weighted by Crippen LogP contribution is 1.82. The Morgan fingerprint density at radius 3 is 2.85 bits per heavy atom. The Morgan fingerprint density at radius 1 is 1.54 bits per heavy atom. The van der Waals surface area contributed by atoms with Crippen LogP contribution in [-0.2, 0) is 13.6 Å². The molecule has 0 amide bonds. The van der Waals surface area contributed by atoms with Crippen molar-refractivity contribution < 1.29 is 0 Å². The van der Waals surface area contributed by atoms with E-state index in [0.717, 1.165) is 4.57 Å². The van der Waals surface area contributed by atoms with E-state index in [2.05, 4.69) is 5.92 Å². The number of nitrogens with zero attached hydrogens (tertiary/aromatic N) is 2. The molecule has 13 heavy (non-hydrogen) atoms. The maximum Gasteiger partial charge on any atom is 0.330 e. The molecule has 0 aliphatic heterocycles. The standard InChI is InChI=1S/C9H10N2O2/c1-3-4-6-11-7-5-8(12)10(2)9(11)13/h1,5,7H,4,6H2,2H3. The van der Waals surface area contributed by atoms with Crippen LogP contribution in [-0.4, -0.2) is 9.13 Å². The lowest BCUT2D eigenvalue weighted by molar-refractivity contribution is 0.610. The summed E-state index contributed by atoms with van der Waals surface area (Å²) >= 11 is 0. The first kappa shape index (κ1) is 9.33. The van der Waals surface area contributed by atoms with Gasteiger partial charge in [0, 0.05) is 32.3 Å². The van der Waals surface area contributed by atoms with Gasteiger partial charge in [0.05, 0.1) is 0 Å². The minimum atomic E-state index is -0.331. The first-order valence-electron chi connectivity index (χ1n) is 3.86. The van der Waals surface area contributed by atoms with E-state index in [1.54, 1.807) is 0 Å². The van der Waals surface area contributed by atoms with Crippen LogP contribution in [0.25, 0.3) is 0 Å². The SMILES string of the molecule is C#CCCn1ccc(=O)n(C)c1=O. The summed E-state index contributed by atoms with van der Waals surface area (Å²) in [6.07, 6.45) is 7.01. The summed E-state index contributed by atoms with van der Waals surface area (Å²) in [6.45, 7) is 0.448. The molecular weight excluding hydrogens is 168 g/mol. The quantitative estimate of drug-likeness (QED) is 0.577. The number of aromatic nitrogens is 2. The Balaban J connectivity index is 3.13. The normalized spacial score (nSPS) is 9.54. The van der Waals surface area contributed by atoms with Gasteiger partial charge >= 0.3 is 5.69 Å². The lowest BCUT2D eigenvalue weighted by Crippen LogP contribution is -2.36. The summed E-state index contributed by atoms with van der Waals surface area (Å²) < 4.78 is 2.47. The van der Waals surface area contributed by atoms with Gasteiger partial charge in [0.15, 0.2) is 0 Å². The molecule has 68 valence electrons. The van der Waals surface area contributed by atoms with Crippen LogP contribution in [0.4, 0.5) is 0 Å². The van der Waals surface area contributed by atoms with Crippen molar-refractivity contribution in [1.82, 2.24) is 9.13 Å². The van der Waals surface area contributed by atoms with Gasteiger partial charge in [-0.25, -0.2) is 4.79 Å². The van der Waals surface area contributed by atoms with Crippen LogP contribution in [0.5, 0.6) is 0 Å². The summed E-state index contributed by atoms with van der Waals surface area (Å²) in [6, 6.07) is 1.35. The van der Waals surface area contributed by atoms with E-state index in [1.165, 1.54) is 23.9 Å². The summed E-state index contributed by atoms with van der Waals surface area (Å²) in [4.78, 5) is 22.3. The highest BCUT2D eigenvalue weighted by Gasteiger charge is 1.98. The van der Waals surface area contributed by atoms with Crippen molar-refractivity contribution >= 4 is 0 Å². The van der Waals surface area contributed by atoms with Crippen LogP contribution in [0.1, 0.15) is 6.42 Å². The van der Waals surface area contributed by atoms with Crippen molar-refractivity contribution in [2.45, 2.75) is 13.0 Å². The fourth-order valence-corrected chi connectivity index (χ4v) is 0.971. The molecule has 0 radical (unpaired) electrons. The van der Waals surface area contributed by atoms with Gasteiger partial charge in [-0.3, -0.25) is 13.9 Å². The number of hydrogen-bond acceptors (Lipinski definition) is 2. The molecule has 4 heteroatoms. The van der Waals surface area contributed by atoms with Gasteiger partial charge in [-0.1, -0.05) is 0 Å². The van der Waals surface area contributed by atoms with Crippen molar-refractivity contribution in [2.75, 3.05) is 0 Å². The molecule has 1 aromatic heterocycles. The molecule has 1 rings (SSSR count). The number of terminal acetylenes is 1. The largest absolute Gasteiger partial charge is 0.330 e. The molecule has 0 aliphatic carbocycles. The van der Waals surface area contributed by atoms with Crippen molar-refractivity contribution in [3.05, 3.63) is 33.1 Å². The fraction of sp³-hybridized carbons (Fsp3) is 0.333. The van der Waals surface area contributed by atoms with Gasteiger partial charge in [-0.15, -0.1) is 12.3 Å². The average Bonchev–Trinajstić information content (AvgIpc) is 2.13. The van der Waals surface area contributed by atoms with E-state index < -0.39 is 0 Å². The van der Waals surface area contributed by atoms with Crippen LogP contribution in [0.3, 0.4) is 0 Å². The number of hydrogen-bond donors (Lipinski definition) is 0. The first-order valence-corrected chi connectivity index (χ1v) is 3.86. The van der Waals surface area contributed by atoms with Gasteiger partial charge in [-0.2, -0.15) is 0 Å². The van der Waals surface area contributed by atoms with Crippen LogP contribution < -0.4 is 11.2 Å². The highest BCUT2D eigenvalue weighted by atomic mass is 16.2. The van der Waals surface area contributed by atoms with Crippen molar-refractivity contribution in [3.8, 4) is 12.3 Å². The zero-order chi connectivity index (χ0) is 9.84. The maximum absolute atomic E-state index is 11.4. The first-order chi connectivity index (χ1) is 6.16. The summed E-state index contributed by atoms with van der Waals surface area (Å²) in [5, 5.41) is 0. The molecule has 0 N–H and O–H groups in total. The third-order valence-corrected chi connectivity index (χ3v) is 1.76. The molecule has 0 saturated carbocycles. The Bertz CT molecular complexity index is 448. The fourth-order valence-electron chi connectivity index (χ4n) is 0.971. The maximum atomic E-state index is 11.4. The van der Waals surface area contributed by atoms with Gasteiger partial charge in [0.2, 0.25) is 0 Å². The minimum Gasteiger partial charge on any atom is -0.299 e. The second kappa shape index (κ2) is 3.76. The number of aryl methyl sites for hydroxylation is 1. The topological polar surface area (TPSA) is 44.0 Å². The number of rotatable bonds is 2. The van der Waals surface area contributed by atoms with E-state index in [0.29, 0.717) is 13.0 Å². The molecule has 0 fully saturated rings. The monoisotopic (exact) mass is 178 g/mol. The van der Waals surface area contributed by atoms with Gasteiger partial charge in [0.25, 0.3) is 5.56 Å². The van der Waals surface area contributed by atoms with Crippen molar-refractivity contribution in [3.63, 3.8) is 0 Å². The second-order valence-corrected chi connectivity index (χ2v) is 2.64. The minimum absolute atomic E-state index is 0.304. The van der Waals surface area contributed by atoms with E-state index in [-0.39, 0.29) is 11.2 Å². The molecule has 1 heterocycles. The van der Waals surface area contributed by atoms with Crippen LogP contribution in [0, 0.1) is 12.3 Å². The zero-order valence-corrected chi connectivity index (χ0v) is 7.36. The van der Waals surface area contributed by atoms with Gasteiger partial charge in [0.1, 0.15) is 0 Å². The Kier molecular flexibility index (Phi) is 2.70. The van der Waals surface area contributed by atoms with Crippen LogP contribution in [0.15, 0.2) is 21.9 Å². The zero-order valence-electron chi connectivity index (χ0n) is 7.36. The van der Waals surface area contributed by atoms with Gasteiger partial charge < -0.3 is 0 Å². The molecule has 0 aliphatic rings. The molecule has 0 spiro atoms.